The Morgan fingerprint density at radius 2 is 1.33 bits per heavy atom. The first-order valence-electron chi connectivity index (χ1n) is 13.4. The summed E-state index contributed by atoms with van der Waals surface area (Å²) in [4.78, 5) is 12.5. The molecule has 36 heavy (non-hydrogen) atoms. The molecule has 0 aliphatic heterocycles. The topological polar surface area (TPSA) is 35.5 Å². The minimum atomic E-state index is -0.572. The molecular formula is C32H39FO3. The van der Waals surface area contributed by atoms with Crippen molar-refractivity contribution in [2.24, 2.45) is 0 Å². The third-order valence-corrected chi connectivity index (χ3v) is 6.34. The quantitative estimate of drug-likeness (QED) is 0.121. The van der Waals surface area contributed by atoms with Gasteiger partial charge in [0.2, 0.25) is 0 Å². The van der Waals surface area contributed by atoms with Crippen molar-refractivity contribution >= 4 is 5.97 Å². The molecule has 0 aliphatic rings. The van der Waals surface area contributed by atoms with Gasteiger partial charge in [-0.05, 0) is 72.4 Å². The van der Waals surface area contributed by atoms with Gasteiger partial charge in [-0.3, -0.25) is 0 Å². The van der Waals surface area contributed by atoms with E-state index in [4.69, 9.17) is 9.47 Å². The van der Waals surface area contributed by atoms with Gasteiger partial charge in [0.25, 0.3) is 0 Å². The zero-order valence-electron chi connectivity index (χ0n) is 21.7. The molecule has 0 aliphatic carbocycles. The third kappa shape index (κ3) is 8.82. The summed E-state index contributed by atoms with van der Waals surface area (Å²) in [6.45, 7) is 5.11. The van der Waals surface area contributed by atoms with E-state index in [2.05, 4.69) is 13.8 Å². The molecule has 3 rings (SSSR count). The second kappa shape index (κ2) is 15.1. The monoisotopic (exact) mass is 490 g/mol. The summed E-state index contributed by atoms with van der Waals surface area (Å²) in [6.07, 6.45) is 11.6. The van der Waals surface area contributed by atoms with E-state index in [1.54, 1.807) is 18.2 Å². The predicted octanol–water partition coefficient (Wildman–Crippen LogP) is 9.18. The lowest BCUT2D eigenvalue weighted by molar-refractivity contribution is 0.0728. The van der Waals surface area contributed by atoms with Gasteiger partial charge in [-0.2, -0.15) is 0 Å². The minimum absolute atomic E-state index is 0.0418. The van der Waals surface area contributed by atoms with Crippen LogP contribution < -0.4 is 9.47 Å². The Morgan fingerprint density at radius 3 is 2.00 bits per heavy atom. The highest BCUT2D eigenvalue weighted by Gasteiger charge is 2.13. The van der Waals surface area contributed by atoms with E-state index in [1.807, 2.05) is 42.5 Å². The van der Waals surface area contributed by atoms with Gasteiger partial charge in [-0.15, -0.1) is 0 Å². The van der Waals surface area contributed by atoms with E-state index in [0.717, 1.165) is 61.2 Å². The molecule has 0 saturated heterocycles. The smallest absolute Gasteiger partial charge is 0.343 e. The van der Waals surface area contributed by atoms with Crippen LogP contribution in [0.4, 0.5) is 4.39 Å². The minimum Gasteiger partial charge on any atom is -0.494 e. The molecule has 3 aromatic carbocycles. The van der Waals surface area contributed by atoms with Gasteiger partial charge in [0.05, 0.1) is 12.2 Å². The Kier molecular flexibility index (Phi) is 11.5. The Hall–Kier alpha value is -3.14. The van der Waals surface area contributed by atoms with Crippen molar-refractivity contribution in [3.8, 4) is 22.6 Å². The molecule has 0 radical (unpaired) electrons. The molecule has 0 heterocycles. The number of carbonyl (C=O) groups is 1. The fourth-order valence-corrected chi connectivity index (χ4v) is 4.14. The van der Waals surface area contributed by atoms with Crippen LogP contribution in [0.15, 0.2) is 66.7 Å². The molecule has 0 amide bonds. The largest absolute Gasteiger partial charge is 0.494 e. The average Bonchev–Trinajstić information content (AvgIpc) is 2.90. The van der Waals surface area contributed by atoms with Crippen molar-refractivity contribution < 1.29 is 18.7 Å². The maximum Gasteiger partial charge on any atom is 0.343 e. The Bertz CT molecular complexity index is 1060. The lowest BCUT2D eigenvalue weighted by Crippen LogP contribution is -2.09. The number of benzene rings is 3. The Labute approximate surface area is 215 Å². The van der Waals surface area contributed by atoms with Crippen LogP contribution in [0.5, 0.6) is 11.5 Å². The number of esters is 1. The van der Waals surface area contributed by atoms with E-state index in [-0.39, 0.29) is 5.75 Å². The molecule has 3 aromatic rings. The number of carbonyl (C=O) groups excluding carboxylic acids is 1. The highest BCUT2D eigenvalue weighted by Crippen LogP contribution is 2.25. The predicted molar refractivity (Wildman–Crippen MR) is 145 cm³/mol. The van der Waals surface area contributed by atoms with E-state index >= 15 is 0 Å². The van der Waals surface area contributed by atoms with Gasteiger partial charge in [0.1, 0.15) is 5.75 Å². The standard InChI is InChI=1S/C32H39FO3/c1-3-5-7-8-9-11-23-35-29-20-18-27(19-21-29)26-14-16-28(17-15-26)32(34)36-31-22-13-25(24-30(31)33)12-10-6-4-2/h13-22,24H,3-12,23H2,1-2H3. The SMILES string of the molecule is CCCCCCCCOc1ccc(-c2ccc(C(=O)Oc3ccc(CCCCC)cc3F)cc2)cc1. The molecular weight excluding hydrogens is 451 g/mol. The fourth-order valence-electron chi connectivity index (χ4n) is 4.14. The molecule has 0 N–H and O–H groups in total. The summed E-state index contributed by atoms with van der Waals surface area (Å²) in [5.41, 5.74) is 3.32. The van der Waals surface area contributed by atoms with Gasteiger partial charge in [0, 0.05) is 0 Å². The van der Waals surface area contributed by atoms with Gasteiger partial charge in [-0.25, -0.2) is 9.18 Å². The van der Waals surface area contributed by atoms with Gasteiger partial charge in [-0.1, -0.05) is 89.1 Å². The van der Waals surface area contributed by atoms with E-state index in [0.29, 0.717) is 5.56 Å². The molecule has 0 atom stereocenters. The first-order valence-corrected chi connectivity index (χ1v) is 13.4. The normalized spacial score (nSPS) is 10.9. The second-order valence-corrected chi connectivity index (χ2v) is 9.33. The molecule has 4 heteroatoms. The highest BCUT2D eigenvalue weighted by atomic mass is 19.1. The molecule has 192 valence electrons. The lowest BCUT2D eigenvalue weighted by Gasteiger charge is -2.09. The summed E-state index contributed by atoms with van der Waals surface area (Å²) in [5, 5.41) is 0. The molecule has 0 aromatic heterocycles. The van der Waals surface area contributed by atoms with Crippen molar-refractivity contribution in [1.29, 1.82) is 0 Å². The number of hydrogen-bond donors (Lipinski definition) is 0. The molecule has 0 bridgehead atoms. The van der Waals surface area contributed by atoms with E-state index in [1.165, 1.54) is 38.2 Å². The van der Waals surface area contributed by atoms with Crippen molar-refractivity contribution in [3.63, 3.8) is 0 Å². The lowest BCUT2D eigenvalue weighted by atomic mass is 10.0. The Balaban J connectivity index is 1.49. The van der Waals surface area contributed by atoms with Crippen LogP contribution in [0.25, 0.3) is 11.1 Å². The Morgan fingerprint density at radius 1 is 0.722 bits per heavy atom. The summed E-state index contributed by atoms with van der Waals surface area (Å²) >= 11 is 0. The maximum atomic E-state index is 14.4. The summed E-state index contributed by atoms with van der Waals surface area (Å²) in [5.74, 6) is -0.254. The number of rotatable bonds is 15. The maximum absolute atomic E-state index is 14.4. The third-order valence-electron chi connectivity index (χ3n) is 6.34. The van der Waals surface area contributed by atoms with Crippen LogP contribution in [0, 0.1) is 5.82 Å². The summed E-state index contributed by atoms with van der Waals surface area (Å²) in [7, 11) is 0. The van der Waals surface area contributed by atoms with Crippen molar-refractivity contribution in [3.05, 3.63) is 83.7 Å². The molecule has 0 fully saturated rings. The first kappa shape index (κ1) is 27.4. The number of ether oxygens (including phenoxy) is 2. The van der Waals surface area contributed by atoms with Crippen molar-refractivity contribution in [1.82, 2.24) is 0 Å². The number of aryl methyl sites for hydroxylation is 1. The highest BCUT2D eigenvalue weighted by molar-refractivity contribution is 5.91. The number of hydrogen-bond acceptors (Lipinski definition) is 3. The van der Waals surface area contributed by atoms with Crippen LogP contribution >= 0.6 is 0 Å². The van der Waals surface area contributed by atoms with E-state index < -0.39 is 11.8 Å². The van der Waals surface area contributed by atoms with Crippen LogP contribution in [0.3, 0.4) is 0 Å². The molecule has 0 saturated carbocycles. The average molecular weight is 491 g/mol. The van der Waals surface area contributed by atoms with Crippen LogP contribution in [0.2, 0.25) is 0 Å². The number of halogens is 1. The van der Waals surface area contributed by atoms with Crippen LogP contribution in [0.1, 0.15) is 87.6 Å². The summed E-state index contributed by atoms with van der Waals surface area (Å²) < 4.78 is 25.6. The van der Waals surface area contributed by atoms with Gasteiger partial charge < -0.3 is 9.47 Å². The van der Waals surface area contributed by atoms with Crippen LogP contribution in [-0.2, 0) is 6.42 Å². The summed E-state index contributed by atoms with van der Waals surface area (Å²) in [6, 6.07) is 20.0. The molecule has 0 unspecified atom stereocenters. The zero-order chi connectivity index (χ0) is 25.6. The van der Waals surface area contributed by atoms with Crippen molar-refractivity contribution in [2.75, 3.05) is 6.61 Å². The number of unbranched alkanes of at least 4 members (excludes halogenated alkanes) is 7. The van der Waals surface area contributed by atoms with Gasteiger partial charge in [0.15, 0.2) is 11.6 Å². The second-order valence-electron chi connectivity index (χ2n) is 9.33. The molecule has 3 nitrogen and oxygen atoms in total. The first-order chi connectivity index (χ1) is 17.6. The van der Waals surface area contributed by atoms with E-state index in [9.17, 15) is 9.18 Å². The van der Waals surface area contributed by atoms with Crippen LogP contribution in [-0.4, -0.2) is 12.6 Å². The fraction of sp³-hybridized carbons (Fsp3) is 0.406. The molecule has 0 spiro atoms. The zero-order valence-corrected chi connectivity index (χ0v) is 21.7. The van der Waals surface area contributed by atoms with Crippen molar-refractivity contribution in [2.45, 2.75) is 78.1 Å². The van der Waals surface area contributed by atoms with Gasteiger partial charge >= 0.3 is 5.97 Å².